The van der Waals surface area contributed by atoms with Gasteiger partial charge in [-0.1, -0.05) is 115 Å². The van der Waals surface area contributed by atoms with E-state index < -0.39 is 12.1 Å². The highest BCUT2D eigenvalue weighted by atomic mass is 32.1. The van der Waals surface area contributed by atoms with Gasteiger partial charge in [0.15, 0.2) is 0 Å². The van der Waals surface area contributed by atoms with Crippen LogP contribution >= 0.6 is 11.3 Å². The van der Waals surface area contributed by atoms with Crippen molar-refractivity contribution in [3.63, 3.8) is 0 Å². The lowest BCUT2D eigenvalue weighted by Gasteiger charge is -2.10. The molecule has 3 nitrogen and oxygen atoms in total. The first-order valence-electron chi connectivity index (χ1n) is 22.7. The first kappa shape index (κ1) is 25.7. The molecular formula is C54H32N2OS. The summed E-state index contributed by atoms with van der Waals surface area (Å²) in [6.45, 7) is 0. The van der Waals surface area contributed by atoms with Crippen LogP contribution in [0.1, 0.15) is 9.60 Å². The van der Waals surface area contributed by atoms with E-state index in [1.54, 1.807) is 15.9 Å². The second-order valence-corrected chi connectivity index (χ2v) is 15.8. The summed E-state index contributed by atoms with van der Waals surface area (Å²) >= 11 is 1.62. The van der Waals surface area contributed by atoms with Crippen molar-refractivity contribution in [2.24, 2.45) is 0 Å². The average molecular weight is 764 g/mol. The summed E-state index contributed by atoms with van der Waals surface area (Å²) in [6, 6.07) is 48.8. The van der Waals surface area contributed by atoms with Crippen LogP contribution in [0, 0.1) is 0 Å². The van der Waals surface area contributed by atoms with E-state index in [9.17, 15) is 6.85 Å². The van der Waals surface area contributed by atoms with Crippen LogP contribution in [0.15, 0.2) is 198 Å². The highest BCUT2D eigenvalue weighted by Crippen LogP contribution is 2.43. The van der Waals surface area contributed by atoms with Crippen LogP contribution in [-0.4, -0.2) is 9.13 Å². The Labute approximate surface area is 346 Å². The van der Waals surface area contributed by atoms with Crippen LogP contribution in [0.4, 0.5) is 0 Å². The summed E-state index contributed by atoms with van der Waals surface area (Å²) in [5, 5.41) is 6.44. The molecule has 13 rings (SSSR count). The van der Waals surface area contributed by atoms with E-state index in [2.05, 4.69) is 71.3 Å². The third-order valence-corrected chi connectivity index (χ3v) is 12.7. The summed E-state index contributed by atoms with van der Waals surface area (Å²) < 4.78 is 77.7. The van der Waals surface area contributed by atoms with Crippen LogP contribution in [-0.2, 0) is 0 Å². The predicted octanol–water partition coefficient (Wildman–Crippen LogP) is 15.5. The minimum absolute atomic E-state index is 0.0839. The number of hydrogen-bond donors (Lipinski definition) is 0. The Bertz CT molecular complexity index is 4220. The number of furan rings is 1. The maximum atomic E-state index is 10.00. The molecule has 9 aromatic carbocycles. The molecule has 0 fully saturated rings. The van der Waals surface area contributed by atoms with E-state index >= 15 is 0 Å². The van der Waals surface area contributed by atoms with Crippen molar-refractivity contribution in [3.05, 3.63) is 194 Å². The Hall–Kier alpha value is -7.40. The maximum absolute atomic E-state index is 10.00. The van der Waals surface area contributed by atoms with Crippen molar-refractivity contribution in [2.75, 3.05) is 0 Å². The number of fused-ring (bicyclic) bond motifs is 12. The van der Waals surface area contributed by atoms with E-state index in [1.165, 1.54) is 0 Å². The molecule has 4 heteroatoms. The number of aromatic nitrogens is 2. The quantitative estimate of drug-likeness (QED) is 0.175. The molecule has 270 valence electrons. The van der Waals surface area contributed by atoms with Crippen LogP contribution < -0.4 is 0 Å². The van der Waals surface area contributed by atoms with Gasteiger partial charge in [0.1, 0.15) is 11.2 Å². The molecule has 0 aliphatic carbocycles. The Morgan fingerprint density at radius 2 is 1.16 bits per heavy atom. The van der Waals surface area contributed by atoms with Gasteiger partial charge < -0.3 is 13.6 Å². The lowest BCUT2D eigenvalue weighted by Crippen LogP contribution is -1.94. The summed E-state index contributed by atoms with van der Waals surface area (Å²) in [4.78, 5) is 0. The van der Waals surface area contributed by atoms with Gasteiger partial charge >= 0.3 is 0 Å². The Morgan fingerprint density at radius 3 is 2.09 bits per heavy atom. The largest absolute Gasteiger partial charge is 0.456 e. The third kappa shape index (κ3) is 4.55. The normalized spacial score (nSPS) is 13.8. The monoisotopic (exact) mass is 763 g/mol. The van der Waals surface area contributed by atoms with Gasteiger partial charge in [-0.15, -0.1) is 11.3 Å². The van der Waals surface area contributed by atoms with Crippen LogP contribution in [0.5, 0.6) is 0 Å². The summed E-state index contributed by atoms with van der Waals surface area (Å²) in [6.07, 6.45) is 0. The van der Waals surface area contributed by atoms with Gasteiger partial charge in [0.05, 0.1) is 31.7 Å². The molecule has 0 radical (unpaired) electrons. The van der Waals surface area contributed by atoms with Crippen molar-refractivity contribution in [1.29, 1.82) is 0 Å². The molecule has 4 heterocycles. The van der Waals surface area contributed by atoms with E-state index in [4.69, 9.17) is 7.16 Å². The minimum Gasteiger partial charge on any atom is -0.456 e. The molecule has 0 saturated heterocycles. The van der Waals surface area contributed by atoms with Crippen LogP contribution in [0.2, 0.25) is 0 Å². The van der Waals surface area contributed by atoms with Crippen molar-refractivity contribution >= 4 is 97.1 Å². The third-order valence-electron chi connectivity index (χ3n) is 11.6. The molecule has 0 amide bonds. The average Bonchev–Trinajstić information content (AvgIpc) is 4.09. The summed E-state index contributed by atoms with van der Waals surface area (Å²) in [5.74, 6) is 0. The molecule has 13 aromatic rings. The highest BCUT2D eigenvalue weighted by Gasteiger charge is 2.20. The van der Waals surface area contributed by atoms with Gasteiger partial charge in [-0.3, -0.25) is 0 Å². The second-order valence-electron chi connectivity index (χ2n) is 14.7. The molecule has 0 saturated carbocycles. The number of rotatable bonds is 4. The Kier molecular flexibility index (Phi) is 5.34. The van der Waals surface area contributed by atoms with Crippen molar-refractivity contribution in [2.45, 2.75) is 0 Å². The Morgan fingerprint density at radius 1 is 0.414 bits per heavy atom. The molecule has 0 atom stereocenters. The van der Waals surface area contributed by atoms with E-state index in [1.807, 2.05) is 84.9 Å². The zero-order valence-corrected chi connectivity index (χ0v) is 31.5. The number of nitrogens with zero attached hydrogens (tertiary/aromatic N) is 2. The minimum atomic E-state index is -0.424. The molecular weight excluding hydrogens is 725 g/mol. The smallest absolute Gasteiger partial charge is 0.137 e. The van der Waals surface area contributed by atoms with Gasteiger partial charge in [-0.25, -0.2) is 0 Å². The zero-order chi connectivity index (χ0) is 44.0. The SMILES string of the molecule is [2H]c1c([2H])c([2H])c2c(c1[2H])c1c([2H])c(-c3ccc4c(c3)c3c(-c5ccccc5)cccc3n4-c3ccc4c(c3)oc3ccccc34)c([2H])c([2H])c1n2-c1ccc2c(c1)sc1ccccc12. The highest BCUT2D eigenvalue weighted by molar-refractivity contribution is 7.25. The van der Waals surface area contributed by atoms with Crippen molar-refractivity contribution in [3.8, 4) is 33.6 Å². The Balaban J connectivity index is 1.10. The van der Waals surface area contributed by atoms with Gasteiger partial charge in [0, 0.05) is 69.9 Å². The van der Waals surface area contributed by atoms with Crippen LogP contribution in [0.25, 0.3) is 119 Å². The topological polar surface area (TPSA) is 23.0 Å². The lowest BCUT2D eigenvalue weighted by molar-refractivity contribution is 0.668. The number of para-hydroxylation sites is 2. The van der Waals surface area contributed by atoms with Gasteiger partial charge in [-0.2, -0.15) is 0 Å². The van der Waals surface area contributed by atoms with Gasteiger partial charge in [-0.05, 0) is 95.0 Å². The fourth-order valence-electron chi connectivity index (χ4n) is 8.99. The first-order valence-corrected chi connectivity index (χ1v) is 20.0. The standard InChI is InChI=1S/C54H32N2OS/c1-2-11-33(12-3-1)38-16-10-18-49-54(38)45-30-35(22-28-48(45)56(49)36-23-25-41-40-14-5-8-19-50(40)57-51(41)31-36)34-21-27-47-44(29-34)39-13-4-7-17-46(39)55(47)37-24-26-43-42-15-6-9-20-52(42)58-53(43)32-37/h1-32H/i4D,7D,13D,17D,21D,27D,29D. The van der Waals surface area contributed by atoms with Gasteiger partial charge in [0.2, 0.25) is 0 Å². The lowest BCUT2D eigenvalue weighted by atomic mass is 9.97. The maximum Gasteiger partial charge on any atom is 0.137 e. The van der Waals surface area contributed by atoms with E-state index in [0.29, 0.717) is 11.3 Å². The molecule has 58 heavy (non-hydrogen) atoms. The van der Waals surface area contributed by atoms with Crippen LogP contribution in [0.3, 0.4) is 0 Å². The molecule has 0 aliphatic heterocycles. The second kappa shape index (κ2) is 12.1. The van der Waals surface area contributed by atoms with Gasteiger partial charge in [0.25, 0.3) is 0 Å². The molecule has 4 aromatic heterocycles. The number of thiophene rings is 1. The summed E-state index contributed by atoms with van der Waals surface area (Å²) in [5.41, 5.74) is 8.08. The van der Waals surface area contributed by atoms with Crippen molar-refractivity contribution < 1.29 is 14.0 Å². The van der Waals surface area contributed by atoms with E-state index in [0.717, 1.165) is 80.7 Å². The molecule has 0 aliphatic rings. The van der Waals surface area contributed by atoms with E-state index in [-0.39, 0.29) is 57.6 Å². The number of benzene rings is 9. The predicted molar refractivity (Wildman–Crippen MR) is 246 cm³/mol. The zero-order valence-electron chi connectivity index (χ0n) is 37.6. The fraction of sp³-hybridized carbons (Fsp3) is 0. The molecule has 0 spiro atoms. The molecule has 0 N–H and O–H groups in total. The molecule has 0 unspecified atom stereocenters. The number of hydrogen-bond acceptors (Lipinski definition) is 2. The first-order chi connectivity index (χ1) is 31.7. The fourth-order valence-corrected chi connectivity index (χ4v) is 10.1. The van der Waals surface area contributed by atoms with Crippen molar-refractivity contribution in [1.82, 2.24) is 9.13 Å². The summed E-state index contributed by atoms with van der Waals surface area (Å²) in [7, 11) is 0. The molecule has 0 bridgehead atoms.